The Labute approximate surface area is 247 Å². The second-order valence-electron chi connectivity index (χ2n) is 9.97. The monoisotopic (exact) mass is 577 g/mol. The fourth-order valence-corrected chi connectivity index (χ4v) is 6.40. The standard InChI is InChI=1S/C33H28FN5O2S/c1-22-9-5-6-13-27(22)32-30-31(23-10-3-2-4-11-23)37-39(26-16-14-24(34)15-17-26)33(30)38(29(41)21-42-32)20-28(40)36-19-25-12-7-8-18-35-25/h2-18,32H,19-21H2,1H3,(H,36,40). The van der Waals surface area contributed by atoms with Gasteiger partial charge in [0.25, 0.3) is 0 Å². The number of anilines is 1. The second-order valence-corrected chi connectivity index (χ2v) is 11.1. The summed E-state index contributed by atoms with van der Waals surface area (Å²) in [4.78, 5) is 32.9. The minimum Gasteiger partial charge on any atom is -0.349 e. The van der Waals surface area contributed by atoms with Crippen molar-refractivity contribution in [2.75, 3.05) is 17.2 Å². The van der Waals surface area contributed by atoms with Crippen LogP contribution >= 0.6 is 11.8 Å². The third-order valence-electron chi connectivity index (χ3n) is 7.17. The Morgan fingerprint density at radius 3 is 2.45 bits per heavy atom. The predicted molar refractivity (Wildman–Crippen MR) is 163 cm³/mol. The highest BCUT2D eigenvalue weighted by Crippen LogP contribution is 2.49. The van der Waals surface area contributed by atoms with Crippen LogP contribution in [0.5, 0.6) is 0 Å². The van der Waals surface area contributed by atoms with Crippen LogP contribution in [0.25, 0.3) is 16.9 Å². The highest BCUT2D eigenvalue weighted by Gasteiger charge is 2.38. The number of thioether (sulfide) groups is 1. The number of carbonyl (C=O) groups is 2. The number of rotatable bonds is 7. The number of aromatic nitrogens is 3. The van der Waals surface area contributed by atoms with Crippen LogP contribution in [0.3, 0.4) is 0 Å². The van der Waals surface area contributed by atoms with Crippen LogP contribution < -0.4 is 10.2 Å². The number of amides is 2. The van der Waals surface area contributed by atoms with E-state index in [1.54, 1.807) is 23.0 Å². The molecule has 0 saturated carbocycles. The number of nitrogens with one attached hydrogen (secondary N) is 1. The van der Waals surface area contributed by atoms with Gasteiger partial charge in [-0.2, -0.15) is 5.10 Å². The first-order valence-electron chi connectivity index (χ1n) is 13.6. The largest absolute Gasteiger partial charge is 0.349 e. The van der Waals surface area contributed by atoms with Gasteiger partial charge in [0.05, 0.1) is 34.6 Å². The summed E-state index contributed by atoms with van der Waals surface area (Å²) in [6, 6.07) is 29.4. The summed E-state index contributed by atoms with van der Waals surface area (Å²) >= 11 is 1.52. The van der Waals surface area contributed by atoms with Gasteiger partial charge in [-0.05, 0) is 54.4 Å². The van der Waals surface area contributed by atoms with Crippen molar-refractivity contribution in [1.82, 2.24) is 20.1 Å². The summed E-state index contributed by atoms with van der Waals surface area (Å²) in [5.41, 5.74) is 5.85. The smallest absolute Gasteiger partial charge is 0.240 e. The molecule has 9 heteroatoms. The third-order valence-corrected chi connectivity index (χ3v) is 8.41. The number of aryl methyl sites for hydroxylation is 1. The molecule has 3 heterocycles. The molecule has 0 saturated heterocycles. The van der Waals surface area contributed by atoms with Gasteiger partial charge in [-0.3, -0.25) is 19.5 Å². The third kappa shape index (κ3) is 5.56. The summed E-state index contributed by atoms with van der Waals surface area (Å²) < 4.78 is 15.6. The van der Waals surface area contributed by atoms with E-state index >= 15 is 0 Å². The number of halogens is 1. The van der Waals surface area contributed by atoms with E-state index in [1.165, 1.54) is 28.8 Å². The Balaban J connectivity index is 1.52. The molecule has 0 bridgehead atoms. The van der Waals surface area contributed by atoms with Crippen molar-refractivity contribution in [3.63, 3.8) is 0 Å². The average Bonchev–Trinajstić information content (AvgIpc) is 3.34. The molecule has 5 aromatic rings. The maximum atomic E-state index is 14.0. The van der Waals surface area contributed by atoms with E-state index in [0.29, 0.717) is 22.9 Å². The topological polar surface area (TPSA) is 80.1 Å². The molecule has 0 radical (unpaired) electrons. The molecule has 6 rings (SSSR count). The zero-order valence-corrected chi connectivity index (χ0v) is 23.7. The number of fused-ring (bicyclic) bond motifs is 1. The van der Waals surface area contributed by atoms with Gasteiger partial charge in [0.15, 0.2) is 0 Å². The van der Waals surface area contributed by atoms with Gasteiger partial charge in [0, 0.05) is 17.3 Å². The summed E-state index contributed by atoms with van der Waals surface area (Å²) in [7, 11) is 0. The van der Waals surface area contributed by atoms with Crippen LogP contribution in [-0.4, -0.2) is 38.9 Å². The van der Waals surface area contributed by atoms with Crippen molar-refractivity contribution in [3.05, 3.63) is 131 Å². The molecular formula is C33H28FN5O2S. The summed E-state index contributed by atoms with van der Waals surface area (Å²) in [6.07, 6.45) is 1.67. The zero-order valence-electron chi connectivity index (χ0n) is 22.9. The second kappa shape index (κ2) is 12.0. The van der Waals surface area contributed by atoms with Crippen molar-refractivity contribution < 1.29 is 14.0 Å². The number of benzene rings is 3. The summed E-state index contributed by atoms with van der Waals surface area (Å²) in [5.74, 6) is -0.258. The number of hydrogen-bond donors (Lipinski definition) is 1. The number of nitrogens with zero attached hydrogens (tertiary/aromatic N) is 4. The Morgan fingerprint density at radius 2 is 1.71 bits per heavy atom. The fraction of sp³-hybridized carbons (Fsp3) is 0.152. The van der Waals surface area contributed by atoms with Crippen molar-refractivity contribution in [1.29, 1.82) is 0 Å². The Bertz CT molecular complexity index is 1730. The molecule has 2 aromatic heterocycles. The van der Waals surface area contributed by atoms with Gasteiger partial charge in [-0.25, -0.2) is 9.07 Å². The molecule has 2 amide bonds. The van der Waals surface area contributed by atoms with E-state index in [0.717, 1.165) is 22.3 Å². The van der Waals surface area contributed by atoms with Gasteiger partial charge in [-0.15, -0.1) is 11.8 Å². The lowest BCUT2D eigenvalue weighted by molar-refractivity contribution is -0.123. The molecule has 42 heavy (non-hydrogen) atoms. The van der Waals surface area contributed by atoms with Crippen LogP contribution in [0.2, 0.25) is 0 Å². The summed E-state index contributed by atoms with van der Waals surface area (Å²) in [5, 5.41) is 7.69. The maximum absolute atomic E-state index is 14.0. The van der Waals surface area contributed by atoms with E-state index in [4.69, 9.17) is 5.10 Å². The lowest BCUT2D eigenvalue weighted by Gasteiger charge is -2.23. The van der Waals surface area contributed by atoms with Crippen molar-refractivity contribution in [3.8, 4) is 16.9 Å². The summed E-state index contributed by atoms with van der Waals surface area (Å²) in [6.45, 7) is 2.08. The van der Waals surface area contributed by atoms with Gasteiger partial charge in [-0.1, -0.05) is 60.7 Å². The van der Waals surface area contributed by atoms with Crippen molar-refractivity contribution in [2.45, 2.75) is 18.7 Å². The molecule has 1 aliphatic rings. The number of hydrogen-bond acceptors (Lipinski definition) is 5. The van der Waals surface area contributed by atoms with Crippen LogP contribution in [0, 0.1) is 12.7 Å². The van der Waals surface area contributed by atoms with E-state index in [-0.39, 0.29) is 41.7 Å². The molecule has 210 valence electrons. The highest BCUT2D eigenvalue weighted by molar-refractivity contribution is 8.00. The van der Waals surface area contributed by atoms with Crippen LogP contribution in [0.1, 0.15) is 27.6 Å². The number of carbonyl (C=O) groups excluding carboxylic acids is 2. The van der Waals surface area contributed by atoms with Crippen molar-refractivity contribution >= 4 is 29.4 Å². The first-order chi connectivity index (χ1) is 20.5. The molecule has 0 aliphatic carbocycles. The van der Waals surface area contributed by atoms with Crippen LogP contribution in [0.15, 0.2) is 103 Å². The Morgan fingerprint density at radius 1 is 0.976 bits per heavy atom. The highest BCUT2D eigenvalue weighted by atomic mass is 32.2. The van der Waals surface area contributed by atoms with E-state index in [9.17, 15) is 14.0 Å². The van der Waals surface area contributed by atoms with Gasteiger partial charge in [0.1, 0.15) is 18.2 Å². The fourth-order valence-electron chi connectivity index (χ4n) is 5.11. The molecule has 3 aromatic carbocycles. The van der Waals surface area contributed by atoms with E-state index < -0.39 is 0 Å². The van der Waals surface area contributed by atoms with Gasteiger partial charge >= 0.3 is 0 Å². The SMILES string of the molecule is Cc1ccccc1C1SCC(=O)N(CC(=O)NCc2ccccn2)c2c1c(-c1ccccc1)nn2-c1ccc(F)cc1. The Kier molecular flexibility index (Phi) is 7.83. The molecule has 1 unspecified atom stereocenters. The normalized spacial score (nSPS) is 14.8. The first kappa shape index (κ1) is 27.4. The van der Waals surface area contributed by atoms with Crippen LogP contribution in [-0.2, 0) is 16.1 Å². The van der Waals surface area contributed by atoms with Gasteiger partial charge < -0.3 is 5.32 Å². The van der Waals surface area contributed by atoms with E-state index in [1.807, 2.05) is 60.7 Å². The predicted octanol–water partition coefficient (Wildman–Crippen LogP) is 5.87. The minimum absolute atomic E-state index is 0.166. The quantitative estimate of drug-likeness (QED) is 0.262. The lowest BCUT2D eigenvalue weighted by Crippen LogP contribution is -2.42. The van der Waals surface area contributed by atoms with Gasteiger partial charge in [0.2, 0.25) is 11.8 Å². The maximum Gasteiger partial charge on any atom is 0.240 e. The molecular weight excluding hydrogens is 549 g/mol. The minimum atomic E-state index is -0.379. The molecule has 7 nitrogen and oxygen atoms in total. The van der Waals surface area contributed by atoms with E-state index in [2.05, 4.69) is 29.4 Å². The number of pyridine rings is 1. The van der Waals surface area contributed by atoms with Crippen LogP contribution in [0.4, 0.5) is 10.2 Å². The molecule has 0 spiro atoms. The average molecular weight is 578 g/mol. The molecule has 1 N–H and O–H groups in total. The lowest BCUT2D eigenvalue weighted by atomic mass is 9.97. The Hall–Kier alpha value is -4.76. The zero-order chi connectivity index (χ0) is 29.1. The van der Waals surface area contributed by atoms with Crippen molar-refractivity contribution in [2.24, 2.45) is 0 Å². The molecule has 0 fully saturated rings. The molecule has 1 atom stereocenters. The molecule has 1 aliphatic heterocycles. The first-order valence-corrected chi connectivity index (χ1v) is 14.6.